The quantitative estimate of drug-likeness (QED) is 0.585. The predicted molar refractivity (Wildman–Crippen MR) is 136 cm³/mol. The van der Waals surface area contributed by atoms with E-state index in [1.165, 1.54) is 31.9 Å². The van der Waals surface area contributed by atoms with E-state index in [1.54, 1.807) is 24.3 Å². The number of hydrogen-bond donors (Lipinski definition) is 1. The number of nitrogens with one attached hydrogen (secondary N) is 1. The molecule has 3 fully saturated rings. The highest BCUT2D eigenvalue weighted by molar-refractivity contribution is 7.90. The van der Waals surface area contributed by atoms with Crippen LogP contribution in [0, 0.1) is 5.82 Å². The molecule has 3 aromatic rings. The van der Waals surface area contributed by atoms with Crippen LogP contribution < -0.4 is 5.32 Å². The van der Waals surface area contributed by atoms with Crippen LogP contribution in [0.4, 0.5) is 4.39 Å². The van der Waals surface area contributed by atoms with Gasteiger partial charge in [0.1, 0.15) is 11.3 Å². The Morgan fingerprint density at radius 2 is 1.63 bits per heavy atom. The monoisotopic (exact) mass is 496 g/mol. The molecule has 1 N–H and O–H groups in total. The third kappa shape index (κ3) is 4.19. The normalized spacial score (nSPS) is 26.0. The number of hydrogen-bond acceptors (Lipinski definition) is 5. The number of nitrogens with zero attached hydrogens (tertiary/aromatic N) is 3. The van der Waals surface area contributed by atoms with Crippen molar-refractivity contribution >= 4 is 20.9 Å². The van der Waals surface area contributed by atoms with Gasteiger partial charge in [-0.3, -0.25) is 0 Å². The molecule has 0 amide bonds. The second kappa shape index (κ2) is 8.68. The molecule has 3 saturated heterocycles. The summed E-state index contributed by atoms with van der Waals surface area (Å²) in [4.78, 5) is 7.57. The van der Waals surface area contributed by atoms with Crippen LogP contribution in [0.3, 0.4) is 0 Å². The van der Waals surface area contributed by atoms with Crippen LogP contribution in [0.5, 0.6) is 0 Å². The number of piperidine rings is 2. The van der Waals surface area contributed by atoms with Gasteiger partial charge in [-0.1, -0.05) is 6.07 Å². The largest absolute Gasteiger partial charge is 0.327 e. The Labute approximate surface area is 206 Å². The van der Waals surface area contributed by atoms with E-state index in [-0.39, 0.29) is 16.6 Å². The van der Waals surface area contributed by atoms with E-state index in [9.17, 15) is 8.42 Å². The van der Waals surface area contributed by atoms with Crippen LogP contribution in [0.1, 0.15) is 50.0 Å². The Hall–Kier alpha value is -2.29. The van der Waals surface area contributed by atoms with Crippen molar-refractivity contribution in [1.82, 2.24) is 19.8 Å². The Balaban J connectivity index is 1.22. The van der Waals surface area contributed by atoms with E-state index in [4.69, 9.17) is 0 Å². The zero-order valence-corrected chi connectivity index (χ0v) is 21.2. The van der Waals surface area contributed by atoms with E-state index in [1.807, 2.05) is 23.7 Å². The van der Waals surface area contributed by atoms with E-state index in [2.05, 4.69) is 15.2 Å². The standard InChI is InChI=1S/C27H33FN4O2S/c1-31-24-10-9-23(17-11-13-32(14-12-17)21-15-19-5-6-20(16-21)29-19)25(28)26(24)30-27(31)18-3-7-22(8-4-18)35(2,33)34/h3-4,7-10,17,19-21,29H,5-6,11-16H2,1-2H3. The van der Waals surface area contributed by atoms with Gasteiger partial charge in [0.15, 0.2) is 15.7 Å². The first-order valence-electron chi connectivity index (χ1n) is 12.7. The lowest BCUT2D eigenvalue weighted by Gasteiger charge is -2.41. The molecule has 8 heteroatoms. The Bertz CT molecular complexity index is 1350. The van der Waals surface area contributed by atoms with Crippen molar-refractivity contribution in [2.75, 3.05) is 19.3 Å². The van der Waals surface area contributed by atoms with Gasteiger partial charge < -0.3 is 14.8 Å². The molecule has 2 unspecified atom stereocenters. The molecule has 2 atom stereocenters. The average molecular weight is 497 g/mol. The minimum absolute atomic E-state index is 0.213. The third-order valence-corrected chi connectivity index (χ3v) is 9.62. The minimum Gasteiger partial charge on any atom is -0.327 e. The number of benzene rings is 2. The fraction of sp³-hybridized carbons (Fsp3) is 0.519. The maximum Gasteiger partial charge on any atom is 0.175 e. The second-order valence-corrected chi connectivity index (χ2v) is 12.7. The zero-order chi connectivity index (χ0) is 24.3. The molecule has 1 aromatic heterocycles. The number of rotatable bonds is 4. The van der Waals surface area contributed by atoms with Gasteiger partial charge in [0, 0.05) is 37.0 Å². The third-order valence-electron chi connectivity index (χ3n) is 8.50. The molecule has 0 radical (unpaired) electrons. The molecule has 3 aliphatic rings. The van der Waals surface area contributed by atoms with Crippen molar-refractivity contribution < 1.29 is 12.8 Å². The highest BCUT2D eigenvalue weighted by atomic mass is 32.2. The van der Waals surface area contributed by atoms with Crippen molar-refractivity contribution in [2.24, 2.45) is 7.05 Å². The lowest BCUT2D eigenvalue weighted by atomic mass is 9.87. The SMILES string of the molecule is Cn1c(-c2ccc(S(C)(=O)=O)cc2)nc2c(F)c(C3CCN(C4CC5CCC(C4)N5)CC3)ccc21. The number of likely N-dealkylation sites (tertiary alicyclic amines) is 1. The number of aromatic nitrogens is 2. The van der Waals surface area contributed by atoms with Crippen LogP contribution in [0.15, 0.2) is 41.3 Å². The van der Waals surface area contributed by atoms with E-state index in [0.717, 1.165) is 42.6 Å². The zero-order valence-electron chi connectivity index (χ0n) is 20.4. The molecule has 0 saturated carbocycles. The molecule has 0 spiro atoms. The van der Waals surface area contributed by atoms with Crippen molar-refractivity contribution in [2.45, 2.75) is 67.5 Å². The highest BCUT2D eigenvalue weighted by Crippen LogP contribution is 2.37. The summed E-state index contributed by atoms with van der Waals surface area (Å²) in [6.07, 6.45) is 8.29. The predicted octanol–water partition coefficient (Wildman–Crippen LogP) is 4.25. The van der Waals surface area contributed by atoms with E-state index in [0.29, 0.717) is 29.5 Å². The van der Waals surface area contributed by atoms with E-state index < -0.39 is 9.84 Å². The minimum atomic E-state index is -3.27. The van der Waals surface area contributed by atoms with Crippen molar-refractivity contribution in [3.8, 4) is 11.4 Å². The Morgan fingerprint density at radius 1 is 0.971 bits per heavy atom. The molecule has 0 aliphatic carbocycles. The molecule has 2 bridgehead atoms. The maximum absolute atomic E-state index is 15.8. The smallest absolute Gasteiger partial charge is 0.175 e. The van der Waals surface area contributed by atoms with Crippen LogP contribution in [-0.2, 0) is 16.9 Å². The number of fused-ring (bicyclic) bond motifs is 3. The fourth-order valence-corrected chi connectivity index (χ4v) is 7.20. The highest BCUT2D eigenvalue weighted by Gasteiger charge is 2.37. The van der Waals surface area contributed by atoms with Crippen LogP contribution in [0.25, 0.3) is 22.4 Å². The molecule has 2 aromatic carbocycles. The number of imidazole rings is 1. The number of halogens is 1. The van der Waals surface area contributed by atoms with Gasteiger partial charge in [0.25, 0.3) is 0 Å². The van der Waals surface area contributed by atoms with Crippen LogP contribution in [0.2, 0.25) is 0 Å². The first-order valence-corrected chi connectivity index (χ1v) is 14.6. The molecule has 6 rings (SSSR count). The van der Waals surface area contributed by atoms with E-state index >= 15 is 4.39 Å². The summed E-state index contributed by atoms with van der Waals surface area (Å²) in [5.74, 6) is 0.635. The summed E-state index contributed by atoms with van der Waals surface area (Å²) in [7, 11) is -1.39. The van der Waals surface area contributed by atoms with Gasteiger partial charge >= 0.3 is 0 Å². The Kier molecular flexibility index (Phi) is 5.73. The first kappa shape index (κ1) is 23.1. The lowest BCUT2D eigenvalue weighted by molar-refractivity contribution is 0.110. The molecule has 35 heavy (non-hydrogen) atoms. The van der Waals surface area contributed by atoms with Gasteiger partial charge in [0.05, 0.1) is 10.4 Å². The van der Waals surface area contributed by atoms with Crippen molar-refractivity contribution in [3.05, 3.63) is 47.8 Å². The topological polar surface area (TPSA) is 67.2 Å². The summed E-state index contributed by atoms with van der Waals surface area (Å²) >= 11 is 0. The van der Waals surface area contributed by atoms with Crippen molar-refractivity contribution in [3.63, 3.8) is 0 Å². The maximum atomic E-state index is 15.8. The summed E-state index contributed by atoms with van der Waals surface area (Å²) in [6, 6.07) is 12.6. The summed E-state index contributed by atoms with van der Waals surface area (Å²) in [6.45, 7) is 2.07. The summed E-state index contributed by atoms with van der Waals surface area (Å²) in [5.41, 5.74) is 2.68. The molecule has 186 valence electrons. The van der Waals surface area contributed by atoms with Crippen LogP contribution >= 0.6 is 0 Å². The van der Waals surface area contributed by atoms with Gasteiger partial charge in [-0.2, -0.15) is 0 Å². The van der Waals surface area contributed by atoms with Crippen molar-refractivity contribution in [1.29, 1.82) is 0 Å². The molecule has 3 aliphatic heterocycles. The van der Waals surface area contributed by atoms with Crippen LogP contribution in [-0.4, -0.2) is 60.3 Å². The van der Waals surface area contributed by atoms with Gasteiger partial charge in [-0.25, -0.2) is 17.8 Å². The molecule has 6 nitrogen and oxygen atoms in total. The number of sulfone groups is 1. The molecular formula is C27H33FN4O2S. The van der Waals surface area contributed by atoms with Gasteiger partial charge in [-0.05, 0) is 93.4 Å². The first-order chi connectivity index (χ1) is 16.8. The summed E-state index contributed by atoms with van der Waals surface area (Å²) in [5, 5.41) is 3.73. The summed E-state index contributed by atoms with van der Waals surface area (Å²) < 4.78 is 41.2. The van der Waals surface area contributed by atoms with Gasteiger partial charge in [-0.15, -0.1) is 0 Å². The Morgan fingerprint density at radius 3 is 2.26 bits per heavy atom. The molecular weight excluding hydrogens is 463 g/mol. The fourth-order valence-electron chi connectivity index (χ4n) is 6.57. The molecule has 4 heterocycles. The average Bonchev–Trinajstić information content (AvgIpc) is 3.37. The number of aryl methyl sites for hydroxylation is 1. The second-order valence-electron chi connectivity index (χ2n) is 10.7. The van der Waals surface area contributed by atoms with Gasteiger partial charge in [0.2, 0.25) is 0 Å². The lowest BCUT2D eigenvalue weighted by Crippen LogP contribution is -2.50.